The van der Waals surface area contributed by atoms with Gasteiger partial charge in [-0.05, 0) is 43.9 Å². The largest absolute Gasteiger partial charge is 0.393 e. The van der Waals surface area contributed by atoms with E-state index in [0.29, 0.717) is 38.5 Å². The van der Waals surface area contributed by atoms with Gasteiger partial charge in [-0.2, -0.15) is 0 Å². The fraction of sp³-hybridized carbons (Fsp3) is 1.00. The van der Waals surface area contributed by atoms with E-state index in [-0.39, 0.29) is 17.3 Å². The first-order valence-electron chi connectivity index (χ1n) is 6.73. The van der Waals surface area contributed by atoms with Gasteiger partial charge in [0.2, 0.25) is 0 Å². The van der Waals surface area contributed by atoms with Crippen LogP contribution in [0.3, 0.4) is 0 Å². The third-order valence-electron chi connectivity index (χ3n) is 5.38. The van der Waals surface area contributed by atoms with Gasteiger partial charge < -0.3 is 20.4 Å². The van der Waals surface area contributed by atoms with Crippen molar-refractivity contribution >= 4 is 0 Å². The molecule has 17 heavy (non-hydrogen) atoms. The molecule has 4 unspecified atom stereocenters. The van der Waals surface area contributed by atoms with Crippen LogP contribution in [0.25, 0.3) is 0 Å². The van der Waals surface area contributed by atoms with Crippen molar-refractivity contribution in [1.29, 1.82) is 0 Å². The van der Waals surface area contributed by atoms with E-state index in [9.17, 15) is 20.4 Å². The predicted molar refractivity (Wildman–Crippen MR) is 61.1 cm³/mol. The van der Waals surface area contributed by atoms with Crippen molar-refractivity contribution in [2.24, 2.45) is 17.3 Å². The number of aliphatic hydroxyl groups excluding tert-OH is 4. The zero-order valence-corrected chi connectivity index (χ0v) is 10.00. The first-order valence-corrected chi connectivity index (χ1v) is 6.73. The van der Waals surface area contributed by atoms with Gasteiger partial charge in [-0.15, -0.1) is 0 Å². The van der Waals surface area contributed by atoms with Crippen LogP contribution in [0.15, 0.2) is 0 Å². The van der Waals surface area contributed by atoms with E-state index >= 15 is 0 Å². The molecule has 4 atom stereocenters. The lowest BCUT2D eigenvalue weighted by Crippen LogP contribution is -2.50. The molecule has 0 aromatic heterocycles. The van der Waals surface area contributed by atoms with Gasteiger partial charge in [0.15, 0.2) is 0 Å². The Kier molecular flexibility index (Phi) is 2.74. The van der Waals surface area contributed by atoms with Crippen LogP contribution in [0.5, 0.6) is 0 Å². The summed E-state index contributed by atoms with van der Waals surface area (Å²) in [6, 6.07) is 0. The zero-order valence-electron chi connectivity index (χ0n) is 10.00. The van der Waals surface area contributed by atoms with Crippen LogP contribution >= 0.6 is 0 Å². The van der Waals surface area contributed by atoms with Crippen molar-refractivity contribution < 1.29 is 20.4 Å². The molecular formula is C13H22O4. The van der Waals surface area contributed by atoms with Gasteiger partial charge in [0.25, 0.3) is 0 Å². The third kappa shape index (κ3) is 1.82. The summed E-state index contributed by atoms with van der Waals surface area (Å²) < 4.78 is 0. The van der Waals surface area contributed by atoms with E-state index in [4.69, 9.17) is 0 Å². The molecule has 0 aliphatic heterocycles. The van der Waals surface area contributed by atoms with Crippen LogP contribution in [0.2, 0.25) is 0 Å². The molecule has 0 saturated heterocycles. The van der Waals surface area contributed by atoms with E-state index in [0.717, 1.165) is 0 Å². The minimum absolute atomic E-state index is 0.0683. The summed E-state index contributed by atoms with van der Waals surface area (Å²) in [5.74, 6) is -0.137. The lowest BCUT2D eigenvalue weighted by molar-refractivity contribution is -0.126. The number of rotatable bonds is 0. The van der Waals surface area contributed by atoms with Crippen molar-refractivity contribution in [3.8, 4) is 0 Å². The summed E-state index contributed by atoms with van der Waals surface area (Å²) >= 11 is 0. The molecule has 4 N–H and O–H groups in total. The highest BCUT2D eigenvalue weighted by molar-refractivity contribution is 5.04. The molecule has 0 amide bonds. The maximum absolute atomic E-state index is 10.2. The lowest BCUT2D eigenvalue weighted by atomic mass is 9.60. The zero-order chi connectivity index (χ0) is 12.2. The Morgan fingerprint density at radius 1 is 0.588 bits per heavy atom. The van der Waals surface area contributed by atoms with Crippen molar-refractivity contribution in [3.05, 3.63) is 0 Å². The molecule has 6 saturated carbocycles. The van der Waals surface area contributed by atoms with E-state index in [1.54, 1.807) is 0 Å². The van der Waals surface area contributed by atoms with Gasteiger partial charge in [-0.1, -0.05) is 0 Å². The lowest BCUT2D eigenvalue weighted by Gasteiger charge is -2.49. The second-order valence-corrected chi connectivity index (χ2v) is 6.49. The highest BCUT2D eigenvalue weighted by atomic mass is 16.3. The first-order chi connectivity index (χ1) is 8.01. The smallest absolute Gasteiger partial charge is 0.0598 e. The molecule has 6 aliphatic carbocycles. The van der Waals surface area contributed by atoms with Crippen molar-refractivity contribution in [2.45, 2.75) is 62.9 Å². The van der Waals surface area contributed by atoms with Gasteiger partial charge in [0, 0.05) is 11.8 Å². The Hall–Kier alpha value is -0.160. The highest BCUT2D eigenvalue weighted by Gasteiger charge is 2.53. The molecule has 6 rings (SSSR count). The van der Waals surface area contributed by atoms with E-state index < -0.39 is 24.4 Å². The van der Waals surface area contributed by atoms with Gasteiger partial charge >= 0.3 is 0 Å². The van der Waals surface area contributed by atoms with Crippen LogP contribution in [-0.2, 0) is 0 Å². The van der Waals surface area contributed by atoms with E-state index in [2.05, 4.69) is 0 Å². The average molecular weight is 242 g/mol. The minimum Gasteiger partial charge on any atom is -0.393 e. The van der Waals surface area contributed by atoms with Crippen LogP contribution in [0, 0.1) is 17.3 Å². The SMILES string of the molecule is OC1CC23CC(O)C1CCC(C(O)C2)C(O)C3. The minimum atomic E-state index is -0.477. The summed E-state index contributed by atoms with van der Waals surface area (Å²) in [5.41, 5.74) is -0.255. The first kappa shape index (κ1) is 11.9. The molecular weight excluding hydrogens is 220 g/mol. The van der Waals surface area contributed by atoms with Gasteiger partial charge in [0.05, 0.1) is 24.4 Å². The van der Waals surface area contributed by atoms with Crippen LogP contribution in [-0.4, -0.2) is 44.8 Å². The van der Waals surface area contributed by atoms with Crippen LogP contribution < -0.4 is 0 Å². The second kappa shape index (κ2) is 3.92. The molecule has 0 aromatic carbocycles. The van der Waals surface area contributed by atoms with Crippen molar-refractivity contribution in [2.75, 3.05) is 0 Å². The summed E-state index contributed by atoms with van der Waals surface area (Å²) in [6.07, 6.45) is 1.99. The monoisotopic (exact) mass is 242 g/mol. The van der Waals surface area contributed by atoms with Gasteiger partial charge in [0.1, 0.15) is 0 Å². The third-order valence-corrected chi connectivity index (χ3v) is 5.38. The van der Waals surface area contributed by atoms with E-state index in [1.165, 1.54) is 0 Å². The molecule has 0 aromatic rings. The Balaban J connectivity index is 1.98. The number of hydrogen-bond donors (Lipinski definition) is 4. The maximum Gasteiger partial charge on any atom is 0.0598 e. The second-order valence-electron chi connectivity index (χ2n) is 6.49. The molecule has 1 spiro atoms. The highest BCUT2D eigenvalue weighted by Crippen LogP contribution is 2.53. The van der Waals surface area contributed by atoms with E-state index in [1.807, 2.05) is 0 Å². The Labute approximate surface area is 101 Å². The maximum atomic E-state index is 10.2. The fourth-order valence-electron chi connectivity index (χ4n) is 4.55. The molecule has 3 bridgehead atoms. The summed E-state index contributed by atoms with van der Waals surface area (Å²) in [4.78, 5) is 0. The Morgan fingerprint density at radius 2 is 0.882 bits per heavy atom. The van der Waals surface area contributed by atoms with Crippen molar-refractivity contribution in [3.63, 3.8) is 0 Å². The normalized spacial score (nSPS) is 58.6. The average Bonchev–Trinajstić information content (AvgIpc) is 2.31. The van der Waals surface area contributed by atoms with Gasteiger partial charge in [-0.25, -0.2) is 0 Å². The topological polar surface area (TPSA) is 80.9 Å². The summed E-state index contributed by atoms with van der Waals surface area (Å²) in [5, 5.41) is 40.7. The summed E-state index contributed by atoms with van der Waals surface area (Å²) in [6.45, 7) is 0. The quantitative estimate of drug-likeness (QED) is 0.483. The number of aliphatic hydroxyl groups is 4. The molecule has 0 heterocycles. The van der Waals surface area contributed by atoms with Crippen LogP contribution in [0.1, 0.15) is 38.5 Å². The Bertz CT molecular complexity index is 248. The fourth-order valence-corrected chi connectivity index (χ4v) is 4.55. The van der Waals surface area contributed by atoms with Gasteiger partial charge in [-0.3, -0.25) is 0 Å². The Morgan fingerprint density at radius 3 is 1.18 bits per heavy atom. The predicted octanol–water partition coefficient (Wildman–Crippen LogP) is 0.0302. The molecule has 4 nitrogen and oxygen atoms in total. The van der Waals surface area contributed by atoms with Crippen molar-refractivity contribution in [1.82, 2.24) is 0 Å². The molecule has 6 fully saturated rings. The molecule has 98 valence electrons. The standard InChI is InChI=1S/C13H22O4/c14-9-3-13-4-10(15)7(9)1-2-8(11(16)5-13)12(17)6-13/h7-12,14-17H,1-6H2. The molecule has 0 radical (unpaired) electrons. The molecule has 6 aliphatic rings. The van der Waals surface area contributed by atoms with Crippen LogP contribution in [0.4, 0.5) is 0 Å². The molecule has 4 heteroatoms. The number of hydrogen-bond acceptors (Lipinski definition) is 4. The summed E-state index contributed by atoms with van der Waals surface area (Å²) in [7, 11) is 0.